The molecule has 0 aromatic heterocycles. The summed E-state index contributed by atoms with van der Waals surface area (Å²) in [6.07, 6.45) is 9.08. The average Bonchev–Trinajstić information content (AvgIpc) is 2.41. The van der Waals surface area contributed by atoms with Gasteiger partial charge in [-0.3, -0.25) is 0 Å². The Labute approximate surface area is 130 Å². The lowest BCUT2D eigenvalue weighted by Crippen LogP contribution is -2.35. The molecular formula is C18H30ClN. The molecule has 20 heavy (non-hydrogen) atoms. The summed E-state index contributed by atoms with van der Waals surface area (Å²) in [4.78, 5) is 0. The maximum atomic E-state index is 6.21. The van der Waals surface area contributed by atoms with Crippen LogP contribution in [-0.4, -0.2) is 12.1 Å². The zero-order valence-corrected chi connectivity index (χ0v) is 14.0. The van der Waals surface area contributed by atoms with Gasteiger partial charge in [-0.15, -0.1) is 0 Å². The molecule has 1 aromatic carbocycles. The van der Waals surface area contributed by atoms with Crippen molar-refractivity contribution in [2.75, 3.05) is 0 Å². The summed E-state index contributed by atoms with van der Waals surface area (Å²) in [6.45, 7) is 6.81. The second-order valence-corrected chi connectivity index (χ2v) is 6.37. The van der Waals surface area contributed by atoms with Crippen molar-refractivity contribution in [1.82, 2.24) is 5.32 Å². The number of benzene rings is 1. The van der Waals surface area contributed by atoms with Crippen LogP contribution in [0.5, 0.6) is 0 Å². The molecule has 0 bridgehead atoms. The van der Waals surface area contributed by atoms with Crippen LogP contribution < -0.4 is 5.32 Å². The minimum atomic E-state index is 0.473. The van der Waals surface area contributed by atoms with Crippen molar-refractivity contribution in [2.24, 2.45) is 0 Å². The summed E-state index contributed by atoms with van der Waals surface area (Å²) in [5.74, 6) is 0. The van der Waals surface area contributed by atoms with Gasteiger partial charge in [0.2, 0.25) is 0 Å². The van der Waals surface area contributed by atoms with Crippen molar-refractivity contribution < 1.29 is 0 Å². The Morgan fingerprint density at radius 2 is 1.70 bits per heavy atom. The minimum absolute atomic E-state index is 0.473. The fraction of sp³-hybridized carbons (Fsp3) is 0.667. The van der Waals surface area contributed by atoms with Crippen molar-refractivity contribution in [3.05, 3.63) is 34.9 Å². The summed E-state index contributed by atoms with van der Waals surface area (Å²) >= 11 is 6.21. The fourth-order valence-electron chi connectivity index (χ4n) is 2.68. The van der Waals surface area contributed by atoms with Gasteiger partial charge >= 0.3 is 0 Å². The highest BCUT2D eigenvalue weighted by molar-refractivity contribution is 6.31. The van der Waals surface area contributed by atoms with Gasteiger partial charge in [0, 0.05) is 17.1 Å². The summed E-state index contributed by atoms with van der Waals surface area (Å²) < 4.78 is 0. The van der Waals surface area contributed by atoms with Crippen molar-refractivity contribution in [3.8, 4) is 0 Å². The standard InChI is InChI=1S/C18H30ClN/c1-4-5-6-7-8-11-15(2)20-16(3)14-17-12-9-10-13-18(17)19/h9-10,12-13,15-16,20H,4-8,11,14H2,1-3H3. The van der Waals surface area contributed by atoms with E-state index in [-0.39, 0.29) is 0 Å². The molecule has 1 rings (SSSR count). The topological polar surface area (TPSA) is 12.0 Å². The molecule has 0 saturated heterocycles. The first-order chi connectivity index (χ1) is 9.63. The molecular weight excluding hydrogens is 266 g/mol. The molecule has 2 unspecified atom stereocenters. The quantitative estimate of drug-likeness (QED) is 0.553. The molecule has 2 heteroatoms. The van der Waals surface area contributed by atoms with Crippen molar-refractivity contribution >= 4 is 11.6 Å². The highest BCUT2D eigenvalue weighted by Crippen LogP contribution is 2.17. The van der Waals surface area contributed by atoms with Gasteiger partial charge < -0.3 is 5.32 Å². The van der Waals surface area contributed by atoms with Crippen LogP contribution in [0.4, 0.5) is 0 Å². The molecule has 0 radical (unpaired) electrons. The Kier molecular flexibility index (Phi) is 8.97. The van der Waals surface area contributed by atoms with E-state index in [4.69, 9.17) is 11.6 Å². The number of halogens is 1. The van der Waals surface area contributed by atoms with Crippen molar-refractivity contribution in [3.63, 3.8) is 0 Å². The van der Waals surface area contributed by atoms with Gasteiger partial charge in [-0.05, 0) is 38.3 Å². The Bertz CT molecular complexity index is 364. The molecule has 0 spiro atoms. The molecule has 0 saturated carbocycles. The van der Waals surface area contributed by atoms with E-state index < -0.39 is 0 Å². The van der Waals surface area contributed by atoms with Gasteiger partial charge in [0.1, 0.15) is 0 Å². The van der Waals surface area contributed by atoms with Crippen LogP contribution in [0.1, 0.15) is 64.9 Å². The zero-order chi connectivity index (χ0) is 14.8. The van der Waals surface area contributed by atoms with E-state index in [0.717, 1.165) is 11.4 Å². The lowest BCUT2D eigenvalue weighted by atomic mass is 10.0. The second kappa shape index (κ2) is 10.2. The SMILES string of the molecule is CCCCCCCC(C)NC(C)Cc1ccccc1Cl. The first-order valence-electron chi connectivity index (χ1n) is 8.13. The molecule has 0 heterocycles. The molecule has 0 aliphatic rings. The van der Waals surface area contributed by atoms with E-state index in [1.807, 2.05) is 12.1 Å². The molecule has 1 nitrogen and oxygen atoms in total. The van der Waals surface area contributed by atoms with Crippen LogP contribution in [0.3, 0.4) is 0 Å². The van der Waals surface area contributed by atoms with Gasteiger partial charge in [0.15, 0.2) is 0 Å². The van der Waals surface area contributed by atoms with Crippen molar-refractivity contribution in [2.45, 2.75) is 77.8 Å². The van der Waals surface area contributed by atoms with Crippen LogP contribution >= 0.6 is 11.6 Å². The highest BCUT2D eigenvalue weighted by Gasteiger charge is 2.09. The summed E-state index contributed by atoms with van der Waals surface area (Å²) in [7, 11) is 0. The fourth-order valence-corrected chi connectivity index (χ4v) is 2.89. The largest absolute Gasteiger partial charge is 0.311 e. The number of rotatable bonds is 10. The maximum Gasteiger partial charge on any atom is 0.0438 e. The van der Waals surface area contributed by atoms with Crippen LogP contribution in [-0.2, 0) is 6.42 Å². The molecule has 0 aliphatic heterocycles. The van der Waals surface area contributed by atoms with Gasteiger partial charge in [-0.2, -0.15) is 0 Å². The number of nitrogens with one attached hydrogen (secondary N) is 1. The van der Waals surface area contributed by atoms with Gasteiger partial charge in [0.05, 0.1) is 0 Å². The molecule has 0 aliphatic carbocycles. The van der Waals surface area contributed by atoms with E-state index in [1.165, 1.54) is 44.1 Å². The normalized spacial score (nSPS) is 14.2. The highest BCUT2D eigenvalue weighted by atomic mass is 35.5. The van der Waals surface area contributed by atoms with Crippen LogP contribution in [0.2, 0.25) is 5.02 Å². The zero-order valence-electron chi connectivity index (χ0n) is 13.3. The van der Waals surface area contributed by atoms with Gasteiger partial charge in [0.25, 0.3) is 0 Å². The number of unbranched alkanes of at least 4 members (excludes halogenated alkanes) is 4. The average molecular weight is 296 g/mol. The third-order valence-electron chi connectivity index (χ3n) is 3.79. The van der Waals surface area contributed by atoms with E-state index in [0.29, 0.717) is 12.1 Å². The smallest absolute Gasteiger partial charge is 0.0438 e. The molecule has 1 aromatic rings. The van der Waals surface area contributed by atoms with E-state index in [9.17, 15) is 0 Å². The van der Waals surface area contributed by atoms with E-state index in [1.54, 1.807) is 0 Å². The van der Waals surface area contributed by atoms with Crippen LogP contribution in [0, 0.1) is 0 Å². The predicted molar refractivity (Wildman–Crippen MR) is 90.6 cm³/mol. The molecule has 2 atom stereocenters. The van der Waals surface area contributed by atoms with Gasteiger partial charge in [-0.25, -0.2) is 0 Å². The monoisotopic (exact) mass is 295 g/mol. The van der Waals surface area contributed by atoms with Gasteiger partial charge in [-0.1, -0.05) is 68.8 Å². The lowest BCUT2D eigenvalue weighted by molar-refractivity contribution is 0.427. The number of hydrogen-bond acceptors (Lipinski definition) is 1. The molecule has 0 fully saturated rings. The minimum Gasteiger partial charge on any atom is -0.311 e. The van der Waals surface area contributed by atoms with Crippen molar-refractivity contribution in [1.29, 1.82) is 0 Å². The predicted octanol–water partition coefficient (Wildman–Crippen LogP) is 5.61. The third kappa shape index (κ3) is 7.31. The first-order valence-corrected chi connectivity index (χ1v) is 8.50. The Balaban J connectivity index is 2.21. The molecule has 114 valence electrons. The van der Waals surface area contributed by atoms with Crippen LogP contribution in [0.15, 0.2) is 24.3 Å². The summed E-state index contributed by atoms with van der Waals surface area (Å²) in [5.41, 5.74) is 1.24. The summed E-state index contributed by atoms with van der Waals surface area (Å²) in [5, 5.41) is 4.57. The van der Waals surface area contributed by atoms with Crippen LogP contribution in [0.25, 0.3) is 0 Å². The first kappa shape index (κ1) is 17.5. The Morgan fingerprint density at radius 3 is 2.40 bits per heavy atom. The number of hydrogen-bond donors (Lipinski definition) is 1. The van der Waals surface area contributed by atoms with E-state index in [2.05, 4.69) is 38.2 Å². The second-order valence-electron chi connectivity index (χ2n) is 5.97. The molecule has 1 N–H and O–H groups in total. The summed E-state index contributed by atoms with van der Waals surface area (Å²) in [6, 6.07) is 9.21. The van der Waals surface area contributed by atoms with E-state index >= 15 is 0 Å². The Hall–Kier alpha value is -0.530. The lowest BCUT2D eigenvalue weighted by Gasteiger charge is -2.20. The third-order valence-corrected chi connectivity index (χ3v) is 4.16. The maximum absolute atomic E-state index is 6.21. The Morgan fingerprint density at radius 1 is 1.00 bits per heavy atom. The molecule has 0 amide bonds.